The van der Waals surface area contributed by atoms with E-state index in [9.17, 15) is 9.90 Å². The number of amides is 1. The maximum Gasteiger partial charge on any atom is 0.243 e. The fraction of sp³-hybridized carbons (Fsp3) is 0.571. The van der Waals surface area contributed by atoms with Crippen LogP contribution in [0.5, 0.6) is 0 Å². The summed E-state index contributed by atoms with van der Waals surface area (Å²) in [6, 6.07) is 0. The van der Waals surface area contributed by atoms with E-state index < -0.39 is 5.06 Å². The molecule has 2 N–H and O–H groups in total. The lowest BCUT2D eigenvalue weighted by atomic mass is 10.2. The third-order valence-electron chi connectivity index (χ3n) is 1.26. The van der Waals surface area contributed by atoms with Gasteiger partial charge in [-0.1, -0.05) is 25.1 Å². The van der Waals surface area contributed by atoms with E-state index >= 15 is 0 Å². The summed E-state index contributed by atoms with van der Waals surface area (Å²) >= 11 is 5.53. The van der Waals surface area contributed by atoms with Gasteiger partial charge in [0.05, 0.1) is 6.54 Å². The first-order chi connectivity index (χ1) is 5.02. The van der Waals surface area contributed by atoms with Crippen LogP contribution in [0.25, 0.3) is 0 Å². The van der Waals surface area contributed by atoms with Crippen molar-refractivity contribution in [2.75, 3.05) is 6.54 Å². The zero-order chi connectivity index (χ0) is 8.91. The van der Waals surface area contributed by atoms with Crippen molar-refractivity contribution >= 4 is 17.5 Å². The van der Waals surface area contributed by atoms with E-state index in [0.29, 0.717) is 6.42 Å². The molecule has 0 aromatic carbocycles. The topological polar surface area (TPSA) is 49.3 Å². The average molecular weight is 178 g/mol. The van der Waals surface area contributed by atoms with Gasteiger partial charge in [-0.05, 0) is 12.5 Å². The fourth-order valence-electron chi connectivity index (χ4n) is 0.420. The maximum atomic E-state index is 10.6. The number of halogens is 1. The first-order valence-corrected chi connectivity index (χ1v) is 3.71. The highest BCUT2D eigenvalue weighted by atomic mass is 35.5. The van der Waals surface area contributed by atoms with Crippen LogP contribution in [-0.4, -0.2) is 22.6 Å². The van der Waals surface area contributed by atoms with Crippen LogP contribution < -0.4 is 5.32 Å². The molecule has 1 atom stereocenters. The van der Waals surface area contributed by atoms with Gasteiger partial charge in [-0.15, -0.1) is 0 Å². The van der Waals surface area contributed by atoms with Crippen LogP contribution in [0.3, 0.4) is 0 Å². The Morgan fingerprint density at radius 3 is 2.82 bits per heavy atom. The Morgan fingerprint density at radius 2 is 2.45 bits per heavy atom. The van der Waals surface area contributed by atoms with E-state index in [4.69, 9.17) is 11.6 Å². The van der Waals surface area contributed by atoms with Gasteiger partial charge in [-0.2, -0.15) is 0 Å². The molecular formula is C7H12ClNO2. The molecule has 11 heavy (non-hydrogen) atoms. The summed E-state index contributed by atoms with van der Waals surface area (Å²) in [5, 5.41) is 10.2. The molecule has 0 rings (SSSR count). The van der Waals surface area contributed by atoms with Crippen LogP contribution >= 0.6 is 11.6 Å². The SMILES string of the molecule is C=CC(=O)NCC(O)(Cl)CC. The zero-order valence-electron chi connectivity index (χ0n) is 6.43. The molecule has 64 valence electrons. The molecule has 0 aromatic rings. The van der Waals surface area contributed by atoms with Gasteiger partial charge in [0.25, 0.3) is 0 Å². The molecule has 0 bridgehead atoms. The van der Waals surface area contributed by atoms with Crippen molar-refractivity contribution in [2.24, 2.45) is 0 Å². The predicted molar refractivity (Wildman–Crippen MR) is 44.3 cm³/mol. The minimum absolute atomic E-state index is 0.0376. The van der Waals surface area contributed by atoms with E-state index in [2.05, 4.69) is 11.9 Å². The molecule has 1 unspecified atom stereocenters. The first-order valence-electron chi connectivity index (χ1n) is 3.33. The van der Waals surface area contributed by atoms with Crippen molar-refractivity contribution in [2.45, 2.75) is 18.4 Å². The third kappa shape index (κ3) is 4.81. The number of hydrogen-bond acceptors (Lipinski definition) is 2. The highest BCUT2D eigenvalue weighted by molar-refractivity contribution is 6.23. The molecule has 0 aliphatic heterocycles. The molecule has 4 heteroatoms. The molecule has 3 nitrogen and oxygen atoms in total. The van der Waals surface area contributed by atoms with E-state index in [0.717, 1.165) is 6.08 Å². The number of hydrogen-bond donors (Lipinski definition) is 2. The van der Waals surface area contributed by atoms with Crippen molar-refractivity contribution in [3.05, 3.63) is 12.7 Å². The Bertz CT molecular complexity index is 157. The summed E-state index contributed by atoms with van der Waals surface area (Å²) in [4.78, 5) is 10.6. The molecule has 0 aliphatic carbocycles. The van der Waals surface area contributed by atoms with Crippen molar-refractivity contribution < 1.29 is 9.90 Å². The second-order valence-electron chi connectivity index (χ2n) is 2.19. The van der Waals surface area contributed by atoms with Gasteiger partial charge in [-0.3, -0.25) is 4.79 Å². The van der Waals surface area contributed by atoms with Crippen LogP contribution in [-0.2, 0) is 4.79 Å². The Kier molecular flexibility index (Phi) is 4.15. The number of carbonyl (C=O) groups excluding carboxylic acids is 1. The molecule has 0 heterocycles. The van der Waals surface area contributed by atoms with Crippen LogP contribution in [0.1, 0.15) is 13.3 Å². The molecule has 0 aliphatic rings. The summed E-state index contributed by atoms with van der Waals surface area (Å²) < 4.78 is 0. The summed E-state index contributed by atoms with van der Waals surface area (Å²) in [6.45, 7) is 5.02. The lowest BCUT2D eigenvalue weighted by molar-refractivity contribution is -0.117. The number of rotatable bonds is 4. The molecule has 0 saturated heterocycles. The normalized spacial score (nSPS) is 15.2. The highest BCUT2D eigenvalue weighted by Crippen LogP contribution is 2.13. The molecule has 0 spiro atoms. The largest absolute Gasteiger partial charge is 0.373 e. The molecule has 0 saturated carbocycles. The monoisotopic (exact) mass is 177 g/mol. The predicted octanol–water partition coefficient (Wildman–Crippen LogP) is 0.626. The number of alkyl halides is 1. The Hall–Kier alpha value is -0.540. The van der Waals surface area contributed by atoms with Crippen LogP contribution in [0.2, 0.25) is 0 Å². The Balaban J connectivity index is 3.69. The molecule has 1 amide bonds. The molecule has 0 fully saturated rings. The summed E-state index contributed by atoms with van der Waals surface area (Å²) in [5.41, 5.74) is 0. The van der Waals surface area contributed by atoms with Crippen molar-refractivity contribution in [3.63, 3.8) is 0 Å². The summed E-state index contributed by atoms with van der Waals surface area (Å²) in [7, 11) is 0. The average Bonchev–Trinajstić information content (AvgIpc) is 2.00. The van der Waals surface area contributed by atoms with Gasteiger partial charge in [0.2, 0.25) is 5.91 Å². The first kappa shape index (κ1) is 10.5. The number of aliphatic hydroxyl groups is 1. The van der Waals surface area contributed by atoms with Crippen LogP contribution in [0.15, 0.2) is 12.7 Å². The zero-order valence-corrected chi connectivity index (χ0v) is 7.19. The van der Waals surface area contributed by atoms with E-state index in [-0.39, 0.29) is 12.5 Å². The van der Waals surface area contributed by atoms with E-state index in [1.165, 1.54) is 0 Å². The van der Waals surface area contributed by atoms with Gasteiger partial charge in [0, 0.05) is 0 Å². The van der Waals surface area contributed by atoms with Gasteiger partial charge in [-0.25, -0.2) is 0 Å². The smallest absolute Gasteiger partial charge is 0.243 e. The summed E-state index contributed by atoms with van der Waals surface area (Å²) in [5.74, 6) is -0.336. The quantitative estimate of drug-likeness (QED) is 0.489. The second kappa shape index (κ2) is 4.36. The third-order valence-corrected chi connectivity index (χ3v) is 1.66. The van der Waals surface area contributed by atoms with Crippen molar-refractivity contribution in [3.8, 4) is 0 Å². The van der Waals surface area contributed by atoms with Crippen molar-refractivity contribution in [1.29, 1.82) is 0 Å². The number of nitrogens with one attached hydrogen (secondary N) is 1. The highest BCUT2D eigenvalue weighted by Gasteiger charge is 2.20. The maximum absolute atomic E-state index is 10.6. The Labute approximate surface area is 71.0 Å². The van der Waals surface area contributed by atoms with E-state index in [1.54, 1.807) is 6.92 Å². The molecular weight excluding hydrogens is 166 g/mol. The molecule has 0 aromatic heterocycles. The number of carbonyl (C=O) groups is 1. The second-order valence-corrected chi connectivity index (χ2v) is 2.90. The standard InChI is InChI=1S/C7H12ClNO2/c1-3-6(10)9-5-7(8,11)4-2/h3,11H,1,4-5H2,2H3,(H,9,10). The minimum Gasteiger partial charge on any atom is -0.373 e. The van der Waals surface area contributed by atoms with Crippen molar-refractivity contribution in [1.82, 2.24) is 5.32 Å². The lowest BCUT2D eigenvalue weighted by Gasteiger charge is -2.17. The summed E-state index contributed by atoms with van der Waals surface area (Å²) in [6.07, 6.45) is 1.51. The van der Waals surface area contributed by atoms with Gasteiger partial charge in [0.15, 0.2) is 5.06 Å². The fourth-order valence-corrected chi connectivity index (χ4v) is 0.487. The van der Waals surface area contributed by atoms with Crippen LogP contribution in [0.4, 0.5) is 0 Å². The van der Waals surface area contributed by atoms with Gasteiger partial charge >= 0.3 is 0 Å². The van der Waals surface area contributed by atoms with Gasteiger partial charge < -0.3 is 10.4 Å². The van der Waals surface area contributed by atoms with E-state index in [1.807, 2.05) is 0 Å². The lowest BCUT2D eigenvalue weighted by Crippen LogP contribution is -2.37. The minimum atomic E-state index is -1.33. The molecule has 0 radical (unpaired) electrons. The van der Waals surface area contributed by atoms with Gasteiger partial charge in [0.1, 0.15) is 0 Å². The van der Waals surface area contributed by atoms with Crippen LogP contribution in [0, 0.1) is 0 Å². The Morgan fingerprint density at radius 1 is 1.91 bits per heavy atom.